The van der Waals surface area contributed by atoms with Gasteiger partial charge in [0.1, 0.15) is 5.76 Å². The van der Waals surface area contributed by atoms with Gasteiger partial charge in [0.15, 0.2) is 0 Å². The van der Waals surface area contributed by atoms with Crippen molar-refractivity contribution < 1.29 is 4.42 Å². The average Bonchev–Trinajstić information content (AvgIpc) is 2.65. The van der Waals surface area contributed by atoms with Gasteiger partial charge in [-0.15, -0.1) is 0 Å². The molecule has 0 saturated carbocycles. The standard InChI is InChI=1S/C11H20N2O/c1-3-11-10(5-8-14-11)9-13-7-6-12-4-2/h5,8,12-13H,3-4,6-7,9H2,1-2H3. The second-order valence-electron chi connectivity index (χ2n) is 3.25. The predicted octanol–water partition coefficient (Wildman–Crippen LogP) is 1.54. The summed E-state index contributed by atoms with van der Waals surface area (Å²) in [6.45, 7) is 8.20. The fraction of sp³-hybridized carbons (Fsp3) is 0.636. The van der Waals surface area contributed by atoms with E-state index in [2.05, 4.69) is 24.5 Å². The molecule has 0 amide bonds. The first-order valence-electron chi connectivity index (χ1n) is 5.35. The smallest absolute Gasteiger partial charge is 0.107 e. The van der Waals surface area contributed by atoms with Gasteiger partial charge >= 0.3 is 0 Å². The van der Waals surface area contributed by atoms with Crippen molar-refractivity contribution in [2.75, 3.05) is 19.6 Å². The number of likely N-dealkylation sites (N-methyl/N-ethyl adjacent to an activating group) is 1. The van der Waals surface area contributed by atoms with E-state index in [1.807, 2.05) is 6.07 Å². The van der Waals surface area contributed by atoms with Crippen molar-refractivity contribution in [3.05, 3.63) is 23.7 Å². The molecule has 0 radical (unpaired) electrons. The van der Waals surface area contributed by atoms with Crippen LogP contribution in [0.25, 0.3) is 0 Å². The first-order chi connectivity index (χ1) is 6.88. The molecule has 14 heavy (non-hydrogen) atoms. The maximum absolute atomic E-state index is 5.34. The number of hydrogen-bond acceptors (Lipinski definition) is 3. The van der Waals surface area contributed by atoms with Crippen molar-refractivity contribution in [1.82, 2.24) is 10.6 Å². The molecule has 0 aliphatic rings. The third kappa shape index (κ3) is 3.52. The SMILES string of the molecule is CCNCCNCc1ccoc1CC. The third-order valence-electron chi connectivity index (χ3n) is 2.20. The topological polar surface area (TPSA) is 37.2 Å². The molecule has 0 aromatic carbocycles. The van der Waals surface area contributed by atoms with Crippen LogP contribution in [0.5, 0.6) is 0 Å². The number of hydrogen-bond donors (Lipinski definition) is 2. The highest BCUT2D eigenvalue weighted by Crippen LogP contribution is 2.10. The lowest BCUT2D eigenvalue weighted by Gasteiger charge is -2.04. The Kier molecular flexibility index (Phi) is 5.33. The lowest BCUT2D eigenvalue weighted by atomic mass is 10.2. The molecule has 0 fully saturated rings. The highest BCUT2D eigenvalue weighted by Gasteiger charge is 2.02. The van der Waals surface area contributed by atoms with Crippen LogP contribution < -0.4 is 10.6 Å². The summed E-state index contributed by atoms with van der Waals surface area (Å²) in [5, 5.41) is 6.65. The molecule has 0 saturated heterocycles. The molecule has 80 valence electrons. The fourth-order valence-electron chi connectivity index (χ4n) is 1.41. The summed E-state index contributed by atoms with van der Waals surface area (Å²) in [4.78, 5) is 0. The Morgan fingerprint density at radius 2 is 2.00 bits per heavy atom. The van der Waals surface area contributed by atoms with Crippen LogP contribution in [0.4, 0.5) is 0 Å². The van der Waals surface area contributed by atoms with Crippen LogP contribution in [0.3, 0.4) is 0 Å². The summed E-state index contributed by atoms with van der Waals surface area (Å²) in [5.41, 5.74) is 1.28. The van der Waals surface area contributed by atoms with Crippen molar-refractivity contribution in [2.24, 2.45) is 0 Å². The van der Waals surface area contributed by atoms with Crippen LogP contribution >= 0.6 is 0 Å². The van der Waals surface area contributed by atoms with Crippen LogP contribution in [0, 0.1) is 0 Å². The molecule has 0 spiro atoms. The largest absolute Gasteiger partial charge is 0.469 e. The molecular formula is C11H20N2O. The van der Waals surface area contributed by atoms with Gasteiger partial charge in [-0.3, -0.25) is 0 Å². The Hall–Kier alpha value is -0.800. The lowest BCUT2D eigenvalue weighted by molar-refractivity contribution is 0.507. The number of furan rings is 1. The van der Waals surface area contributed by atoms with Crippen molar-refractivity contribution in [1.29, 1.82) is 0 Å². The molecule has 0 bridgehead atoms. The zero-order valence-electron chi connectivity index (χ0n) is 9.10. The van der Waals surface area contributed by atoms with E-state index in [9.17, 15) is 0 Å². The summed E-state index contributed by atoms with van der Waals surface area (Å²) in [7, 11) is 0. The molecule has 0 unspecified atom stereocenters. The maximum Gasteiger partial charge on any atom is 0.107 e. The molecular weight excluding hydrogens is 176 g/mol. The molecule has 1 aromatic heterocycles. The zero-order valence-corrected chi connectivity index (χ0v) is 9.10. The Morgan fingerprint density at radius 1 is 1.21 bits per heavy atom. The molecule has 3 heteroatoms. The van der Waals surface area contributed by atoms with Gasteiger partial charge in [0.05, 0.1) is 6.26 Å². The minimum absolute atomic E-state index is 0.908. The third-order valence-corrected chi connectivity index (χ3v) is 2.20. The van der Waals surface area contributed by atoms with Gasteiger partial charge in [-0.2, -0.15) is 0 Å². The lowest BCUT2D eigenvalue weighted by Crippen LogP contribution is -2.26. The van der Waals surface area contributed by atoms with Crippen molar-refractivity contribution in [3.8, 4) is 0 Å². The summed E-state index contributed by atoms with van der Waals surface area (Å²) in [6, 6.07) is 2.04. The molecule has 2 N–H and O–H groups in total. The van der Waals surface area contributed by atoms with Crippen LogP contribution in [-0.4, -0.2) is 19.6 Å². The van der Waals surface area contributed by atoms with Crippen LogP contribution in [0.15, 0.2) is 16.7 Å². The van der Waals surface area contributed by atoms with Gasteiger partial charge in [0.2, 0.25) is 0 Å². The Morgan fingerprint density at radius 3 is 2.71 bits per heavy atom. The monoisotopic (exact) mass is 196 g/mol. The van der Waals surface area contributed by atoms with Crippen molar-refractivity contribution >= 4 is 0 Å². The summed E-state index contributed by atoms with van der Waals surface area (Å²) >= 11 is 0. The molecule has 1 aromatic rings. The van der Waals surface area contributed by atoms with E-state index in [4.69, 9.17) is 4.42 Å². The van der Waals surface area contributed by atoms with Gasteiger partial charge in [-0.1, -0.05) is 13.8 Å². The molecule has 0 aliphatic carbocycles. The summed E-state index contributed by atoms with van der Waals surface area (Å²) < 4.78 is 5.34. The van der Waals surface area contributed by atoms with Crippen LogP contribution in [0.1, 0.15) is 25.2 Å². The Balaban J connectivity index is 2.17. The van der Waals surface area contributed by atoms with E-state index < -0.39 is 0 Å². The first kappa shape index (κ1) is 11.3. The maximum atomic E-state index is 5.34. The molecule has 1 heterocycles. The van der Waals surface area contributed by atoms with E-state index >= 15 is 0 Å². The van der Waals surface area contributed by atoms with E-state index in [0.717, 1.165) is 38.4 Å². The average molecular weight is 196 g/mol. The van der Waals surface area contributed by atoms with Gasteiger partial charge in [0, 0.05) is 31.6 Å². The Labute approximate surface area is 85.9 Å². The van der Waals surface area contributed by atoms with Gasteiger partial charge in [0.25, 0.3) is 0 Å². The second kappa shape index (κ2) is 6.62. The second-order valence-corrected chi connectivity index (χ2v) is 3.25. The summed E-state index contributed by atoms with van der Waals surface area (Å²) in [5.74, 6) is 1.10. The molecule has 3 nitrogen and oxygen atoms in total. The highest BCUT2D eigenvalue weighted by atomic mass is 16.3. The van der Waals surface area contributed by atoms with Gasteiger partial charge in [-0.25, -0.2) is 0 Å². The molecule has 1 rings (SSSR count). The van der Waals surface area contributed by atoms with E-state index in [-0.39, 0.29) is 0 Å². The Bertz CT molecular complexity index is 245. The number of rotatable bonds is 7. The minimum atomic E-state index is 0.908. The molecule has 0 atom stereocenters. The van der Waals surface area contributed by atoms with E-state index in [0.29, 0.717) is 0 Å². The van der Waals surface area contributed by atoms with Crippen molar-refractivity contribution in [2.45, 2.75) is 26.8 Å². The van der Waals surface area contributed by atoms with Crippen molar-refractivity contribution in [3.63, 3.8) is 0 Å². The highest BCUT2D eigenvalue weighted by molar-refractivity contribution is 5.16. The van der Waals surface area contributed by atoms with Crippen LogP contribution in [-0.2, 0) is 13.0 Å². The molecule has 0 aliphatic heterocycles. The minimum Gasteiger partial charge on any atom is -0.469 e. The zero-order chi connectivity index (χ0) is 10.2. The van der Waals surface area contributed by atoms with E-state index in [1.165, 1.54) is 5.56 Å². The number of nitrogens with one attached hydrogen (secondary N) is 2. The fourth-order valence-corrected chi connectivity index (χ4v) is 1.41. The van der Waals surface area contributed by atoms with Gasteiger partial charge < -0.3 is 15.1 Å². The van der Waals surface area contributed by atoms with Gasteiger partial charge in [-0.05, 0) is 12.6 Å². The first-order valence-corrected chi connectivity index (χ1v) is 5.35. The summed E-state index contributed by atoms with van der Waals surface area (Å²) in [6.07, 6.45) is 2.73. The van der Waals surface area contributed by atoms with Crippen LogP contribution in [0.2, 0.25) is 0 Å². The predicted molar refractivity (Wildman–Crippen MR) is 58.3 cm³/mol. The van der Waals surface area contributed by atoms with E-state index in [1.54, 1.807) is 6.26 Å². The quantitative estimate of drug-likeness (QED) is 0.650. The number of aryl methyl sites for hydroxylation is 1. The normalized spacial score (nSPS) is 10.7.